The summed E-state index contributed by atoms with van der Waals surface area (Å²) in [5.74, 6) is 2.37. The second-order valence-corrected chi connectivity index (χ2v) is 18.9. The summed E-state index contributed by atoms with van der Waals surface area (Å²) in [6.45, 7) is 20.4. The molecule has 0 aliphatic rings. The normalized spacial score (nSPS) is 12.5. The van der Waals surface area contributed by atoms with Gasteiger partial charge in [-0.15, -0.1) is 0 Å². The van der Waals surface area contributed by atoms with Crippen LogP contribution in [-0.2, 0) is 16.2 Å². The van der Waals surface area contributed by atoms with E-state index in [1.165, 1.54) is 22.1 Å². The molecule has 294 valence electrons. The van der Waals surface area contributed by atoms with Crippen LogP contribution < -0.4 is 9.30 Å². The number of ether oxygens (including phenoxy) is 1. The van der Waals surface area contributed by atoms with Crippen LogP contribution in [0.2, 0.25) is 0 Å². The molecule has 59 heavy (non-hydrogen) atoms. The van der Waals surface area contributed by atoms with Gasteiger partial charge in [-0.2, -0.15) is 0 Å². The number of imidazole rings is 1. The summed E-state index contributed by atoms with van der Waals surface area (Å²) in [5, 5.41) is 2.33. The third-order valence-corrected chi connectivity index (χ3v) is 11.4. The number of nitrogens with zero attached hydrogens (tertiary/aromatic N) is 4. The summed E-state index contributed by atoms with van der Waals surface area (Å²) in [5.41, 5.74) is 12.3. The van der Waals surface area contributed by atoms with Gasteiger partial charge in [0.1, 0.15) is 17.3 Å². The Morgan fingerprint density at radius 3 is 1.86 bits per heavy atom. The van der Waals surface area contributed by atoms with Crippen LogP contribution in [0.4, 0.5) is 0 Å². The number of aromatic nitrogens is 4. The van der Waals surface area contributed by atoms with Crippen LogP contribution in [-0.4, -0.2) is 14.1 Å². The Bertz CT molecular complexity index is 2990. The molecule has 5 nitrogen and oxygen atoms in total. The molecule has 0 spiro atoms. The summed E-state index contributed by atoms with van der Waals surface area (Å²) in [7, 11) is 0. The fraction of sp³-hybridized carbons (Fsp3) is 0.222. The topological polar surface area (TPSA) is 35.9 Å². The minimum absolute atomic E-state index is 0.0141. The lowest BCUT2D eigenvalue weighted by Crippen LogP contribution is -2.31. The largest absolute Gasteiger partial charge is 0.458 e. The van der Waals surface area contributed by atoms with Crippen LogP contribution in [0.15, 0.2) is 152 Å². The van der Waals surface area contributed by atoms with Gasteiger partial charge in [-0.25, -0.2) is 4.98 Å². The Kier molecular flexibility index (Phi) is 9.12. The fourth-order valence-electron chi connectivity index (χ4n) is 8.02. The van der Waals surface area contributed by atoms with Crippen LogP contribution in [0, 0.1) is 6.33 Å². The molecule has 0 atom stereocenters. The molecule has 0 radical (unpaired) electrons. The first kappa shape index (κ1) is 38.1. The van der Waals surface area contributed by atoms with Crippen molar-refractivity contribution >= 4 is 32.8 Å². The Labute approximate surface area is 348 Å². The summed E-state index contributed by atoms with van der Waals surface area (Å²) < 4.78 is 13.6. The Hall–Kier alpha value is -6.46. The zero-order chi connectivity index (χ0) is 41.3. The van der Waals surface area contributed by atoms with Gasteiger partial charge in [0, 0.05) is 23.0 Å². The van der Waals surface area contributed by atoms with Crippen LogP contribution in [0.25, 0.3) is 61.2 Å². The van der Waals surface area contributed by atoms with Crippen LogP contribution >= 0.6 is 0 Å². The molecule has 9 rings (SSSR count). The quantitative estimate of drug-likeness (QED) is 0.125. The molecule has 0 saturated carbocycles. The lowest BCUT2D eigenvalue weighted by molar-refractivity contribution is -0.572. The third kappa shape index (κ3) is 7.20. The number of hydrogen-bond acceptors (Lipinski definition) is 2. The number of fused-ring (bicyclic) bond motifs is 4. The van der Waals surface area contributed by atoms with Crippen molar-refractivity contribution < 1.29 is 9.30 Å². The van der Waals surface area contributed by atoms with E-state index < -0.39 is 0 Å². The zero-order valence-electron chi connectivity index (χ0n) is 35.6. The van der Waals surface area contributed by atoms with Gasteiger partial charge in [0.25, 0.3) is 6.33 Å². The Balaban J connectivity index is 1.20. The number of pyridine rings is 1. The molecule has 0 bridgehead atoms. The average Bonchev–Trinajstić information content (AvgIpc) is 3.76. The molecule has 0 aliphatic carbocycles. The van der Waals surface area contributed by atoms with Crippen LogP contribution in [0.3, 0.4) is 0 Å². The highest BCUT2D eigenvalue weighted by molar-refractivity contribution is 6.09. The van der Waals surface area contributed by atoms with Crippen LogP contribution in [0.5, 0.6) is 11.5 Å². The minimum atomic E-state index is -0.0183. The van der Waals surface area contributed by atoms with Crippen molar-refractivity contribution in [2.75, 3.05) is 0 Å². The van der Waals surface area contributed by atoms with Crippen molar-refractivity contribution in [3.05, 3.63) is 175 Å². The molecule has 3 heterocycles. The second kappa shape index (κ2) is 14.1. The maximum Gasteiger partial charge on any atom is 0.269 e. The Morgan fingerprint density at radius 2 is 1.15 bits per heavy atom. The molecular formula is C54H52N4O. The molecule has 0 fully saturated rings. The predicted octanol–water partition coefficient (Wildman–Crippen LogP) is 13.6. The minimum Gasteiger partial charge on any atom is -0.458 e. The van der Waals surface area contributed by atoms with E-state index in [0.29, 0.717) is 0 Å². The molecule has 5 heteroatoms. The van der Waals surface area contributed by atoms with Crippen LogP contribution in [0.1, 0.15) is 79.0 Å². The molecule has 6 aromatic carbocycles. The molecule has 0 saturated heterocycles. The summed E-state index contributed by atoms with van der Waals surface area (Å²) >= 11 is 0. The van der Waals surface area contributed by atoms with Gasteiger partial charge in [0.15, 0.2) is 0 Å². The molecule has 9 aromatic rings. The first-order chi connectivity index (χ1) is 28.1. The number of rotatable bonds is 6. The fourth-order valence-corrected chi connectivity index (χ4v) is 8.02. The first-order valence-electron chi connectivity index (χ1n) is 20.6. The predicted molar refractivity (Wildman–Crippen MR) is 244 cm³/mol. The van der Waals surface area contributed by atoms with E-state index in [4.69, 9.17) is 9.72 Å². The second-order valence-electron chi connectivity index (χ2n) is 18.9. The maximum atomic E-state index is 6.92. The molecular weight excluding hydrogens is 721 g/mol. The van der Waals surface area contributed by atoms with E-state index in [0.717, 1.165) is 67.3 Å². The van der Waals surface area contributed by atoms with E-state index >= 15 is 0 Å². The molecule has 0 aliphatic heterocycles. The molecule has 0 unspecified atom stereocenters. The monoisotopic (exact) mass is 772 g/mol. The maximum absolute atomic E-state index is 6.92. The highest BCUT2D eigenvalue weighted by Gasteiger charge is 2.23. The molecule has 0 N–H and O–H groups in total. The van der Waals surface area contributed by atoms with E-state index in [-0.39, 0.29) is 16.2 Å². The lowest BCUT2D eigenvalue weighted by atomic mass is 9.80. The average molecular weight is 773 g/mol. The summed E-state index contributed by atoms with van der Waals surface area (Å²) in [4.78, 5) is 4.90. The smallest absolute Gasteiger partial charge is 0.269 e. The number of benzene rings is 6. The van der Waals surface area contributed by atoms with Gasteiger partial charge in [-0.3, -0.25) is 13.7 Å². The number of para-hydroxylation sites is 3. The standard InChI is InChI=1S/C54H52N4O/c1-52(2,3)38-25-26-55-51(32-38)58-47-20-14-13-19-45(47)46-24-23-43(34-50(46)58)59-44-28-37(36-17-11-10-12-18-36)27-41(33-44)56-35-57(49-22-16-15-21-48(49)56)42-30-39(53(4,5)6)29-40(31-42)54(7,8)9/h10-34H,1-9H3. The Morgan fingerprint density at radius 1 is 0.508 bits per heavy atom. The summed E-state index contributed by atoms with van der Waals surface area (Å²) in [6.07, 6.45) is 5.72. The number of hydrogen-bond donors (Lipinski definition) is 0. The van der Waals surface area contributed by atoms with Gasteiger partial charge in [-0.05, 0) is 105 Å². The van der Waals surface area contributed by atoms with Crippen molar-refractivity contribution in [2.24, 2.45) is 0 Å². The highest BCUT2D eigenvalue weighted by Crippen LogP contribution is 2.38. The van der Waals surface area contributed by atoms with Gasteiger partial charge in [0.05, 0.1) is 33.4 Å². The van der Waals surface area contributed by atoms with Crippen molar-refractivity contribution in [1.82, 2.24) is 14.1 Å². The van der Waals surface area contributed by atoms with Gasteiger partial charge in [-0.1, -0.05) is 141 Å². The van der Waals surface area contributed by atoms with Crippen molar-refractivity contribution in [3.8, 4) is 39.8 Å². The van der Waals surface area contributed by atoms with E-state index in [1.54, 1.807) is 0 Å². The van der Waals surface area contributed by atoms with Crippen molar-refractivity contribution in [1.29, 1.82) is 0 Å². The highest BCUT2D eigenvalue weighted by atomic mass is 16.5. The SMILES string of the molecule is CC(C)(C)c1cc(-[n+]2[c-]n(-c3cc(Oc4ccc5c6ccccc6n(-c6cc(C(C)(C)C)ccn6)c5c4)cc(-c4ccccc4)c3)c3ccccc32)cc(C(C)(C)C)c1. The van der Waals surface area contributed by atoms with Gasteiger partial charge >= 0.3 is 0 Å². The van der Waals surface area contributed by atoms with E-state index in [2.05, 4.69) is 228 Å². The van der Waals surface area contributed by atoms with Gasteiger partial charge in [0.2, 0.25) is 0 Å². The van der Waals surface area contributed by atoms with E-state index in [9.17, 15) is 0 Å². The van der Waals surface area contributed by atoms with E-state index in [1.807, 2.05) is 6.20 Å². The van der Waals surface area contributed by atoms with Crippen molar-refractivity contribution in [3.63, 3.8) is 0 Å². The molecule has 0 amide bonds. The lowest BCUT2D eigenvalue weighted by Gasteiger charge is -2.26. The molecule has 3 aromatic heterocycles. The zero-order valence-corrected chi connectivity index (χ0v) is 35.6. The van der Waals surface area contributed by atoms with Gasteiger partial charge < -0.3 is 4.74 Å². The summed E-state index contributed by atoms with van der Waals surface area (Å²) in [6, 6.07) is 51.8. The first-order valence-corrected chi connectivity index (χ1v) is 20.6. The van der Waals surface area contributed by atoms with Crippen molar-refractivity contribution in [2.45, 2.75) is 78.6 Å². The third-order valence-electron chi connectivity index (χ3n) is 11.4.